The van der Waals surface area contributed by atoms with Gasteiger partial charge in [0, 0.05) is 30.4 Å². The Hall–Kier alpha value is -8.40. The van der Waals surface area contributed by atoms with E-state index in [1.165, 1.54) is 122 Å². The van der Waals surface area contributed by atoms with Crippen LogP contribution in [0.1, 0.15) is 45.4 Å². The van der Waals surface area contributed by atoms with E-state index in [1.807, 2.05) is 0 Å². The highest BCUT2D eigenvalue weighted by Gasteiger charge is 2.46. The summed E-state index contributed by atoms with van der Waals surface area (Å²) in [4.78, 5) is 7.31. The molecule has 0 bridgehead atoms. The van der Waals surface area contributed by atoms with Crippen molar-refractivity contribution in [3.63, 3.8) is 0 Å². The maximum absolute atomic E-state index is 2.54. The third-order valence-corrected chi connectivity index (χ3v) is 15.3. The number of para-hydroxylation sites is 5. The first-order chi connectivity index (χ1) is 33.6. The molecular weight excluding hydrogens is 823 g/mol. The number of anilines is 7. The molecule has 3 heteroatoms. The smallest absolute Gasteiger partial charge is 0.0714 e. The number of hydrogen-bond donors (Lipinski definition) is 0. The lowest BCUT2D eigenvalue weighted by Crippen LogP contribution is -2.29. The van der Waals surface area contributed by atoms with Crippen LogP contribution in [0, 0.1) is 0 Å². The Morgan fingerprint density at radius 2 is 1.00 bits per heavy atom. The molecule has 0 N–H and O–H groups in total. The van der Waals surface area contributed by atoms with Crippen LogP contribution in [0.15, 0.2) is 218 Å². The van der Waals surface area contributed by atoms with Gasteiger partial charge in [-0.15, -0.1) is 0 Å². The lowest BCUT2D eigenvalue weighted by molar-refractivity contribution is 0.756. The molecule has 68 heavy (non-hydrogen) atoms. The van der Waals surface area contributed by atoms with Crippen molar-refractivity contribution in [3.05, 3.63) is 257 Å². The Balaban J connectivity index is 0.913. The highest BCUT2D eigenvalue weighted by Crippen LogP contribution is 2.58. The standard InChI is InChI=1S/C65H47N3/c1-66-59-22-10-12-24-61(59)68(62-25-13-11-23-60(62)66)58-39-33-47-31-36-51-44(29-30-46-32-37-54(58)64(47)63(46)51)28-26-43-27-35-52-53-38-34-50(67-40-14-16-45-15-8-9-21-57(45)67)42-56(53)65(55(52)41-43,48-17-4-2-5-18-48)49-19-6-3-7-20-49/h2-13,15,17-39,41-42H,14,16,40H2,1H3/b28-26+. The molecule has 3 aliphatic rings. The fourth-order valence-electron chi connectivity index (χ4n) is 12.3. The molecule has 0 spiro atoms. The van der Waals surface area contributed by atoms with Gasteiger partial charge in [-0.25, -0.2) is 0 Å². The van der Waals surface area contributed by atoms with Crippen molar-refractivity contribution >= 4 is 84.3 Å². The predicted octanol–water partition coefficient (Wildman–Crippen LogP) is 16.8. The van der Waals surface area contributed by atoms with E-state index in [1.54, 1.807) is 0 Å². The van der Waals surface area contributed by atoms with E-state index in [0.29, 0.717) is 0 Å². The molecular formula is C65H47N3. The molecule has 0 fully saturated rings. The summed E-state index contributed by atoms with van der Waals surface area (Å²) in [5.41, 5.74) is 19.6. The summed E-state index contributed by atoms with van der Waals surface area (Å²) in [5.74, 6) is 0. The van der Waals surface area contributed by atoms with Gasteiger partial charge >= 0.3 is 0 Å². The van der Waals surface area contributed by atoms with Gasteiger partial charge in [0.05, 0.1) is 33.9 Å². The fourth-order valence-corrected chi connectivity index (χ4v) is 12.3. The highest BCUT2D eigenvalue weighted by molar-refractivity contribution is 6.27. The third-order valence-electron chi connectivity index (χ3n) is 15.3. The Kier molecular flexibility index (Phi) is 8.60. The lowest BCUT2D eigenvalue weighted by Gasteiger charge is -2.39. The summed E-state index contributed by atoms with van der Waals surface area (Å²) >= 11 is 0. The monoisotopic (exact) mass is 869 g/mol. The Morgan fingerprint density at radius 3 is 1.71 bits per heavy atom. The maximum atomic E-state index is 2.54. The van der Waals surface area contributed by atoms with Crippen molar-refractivity contribution in [2.24, 2.45) is 0 Å². The van der Waals surface area contributed by atoms with E-state index >= 15 is 0 Å². The van der Waals surface area contributed by atoms with Gasteiger partial charge in [-0.2, -0.15) is 0 Å². The number of nitrogens with zero attached hydrogens (tertiary/aromatic N) is 3. The molecule has 11 aromatic rings. The number of aryl methyl sites for hydroxylation is 1. The molecule has 0 radical (unpaired) electrons. The van der Waals surface area contributed by atoms with Crippen LogP contribution in [0.2, 0.25) is 0 Å². The van der Waals surface area contributed by atoms with Crippen LogP contribution in [-0.4, -0.2) is 13.6 Å². The first kappa shape index (κ1) is 38.8. The van der Waals surface area contributed by atoms with E-state index < -0.39 is 5.41 Å². The number of rotatable bonds is 6. The molecule has 0 amide bonds. The van der Waals surface area contributed by atoms with E-state index in [0.717, 1.165) is 19.4 Å². The second kappa shape index (κ2) is 15.1. The van der Waals surface area contributed by atoms with E-state index in [-0.39, 0.29) is 0 Å². The average Bonchev–Trinajstić information content (AvgIpc) is 3.70. The summed E-state index contributed by atoms with van der Waals surface area (Å²) in [6.45, 7) is 1.00. The Labute approximate surface area is 397 Å². The van der Waals surface area contributed by atoms with Crippen molar-refractivity contribution in [3.8, 4) is 11.1 Å². The van der Waals surface area contributed by atoms with Crippen LogP contribution in [-0.2, 0) is 11.8 Å². The minimum absolute atomic E-state index is 0.516. The summed E-state index contributed by atoms with van der Waals surface area (Å²) in [6, 6.07) is 81.8. The van der Waals surface area contributed by atoms with Crippen LogP contribution in [0.25, 0.3) is 55.6 Å². The van der Waals surface area contributed by atoms with Crippen LogP contribution >= 0.6 is 0 Å². The summed E-state index contributed by atoms with van der Waals surface area (Å²) in [6.07, 6.45) is 6.92. The Bertz CT molecular complexity index is 3730. The lowest BCUT2D eigenvalue weighted by atomic mass is 9.67. The number of fused-ring (bicyclic) bond motifs is 6. The van der Waals surface area contributed by atoms with Crippen molar-refractivity contribution < 1.29 is 0 Å². The molecule has 0 aromatic heterocycles. The zero-order valence-corrected chi connectivity index (χ0v) is 37.9. The van der Waals surface area contributed by atoms with Crippen molar-refractivity contribution in [2.75, 3.05) is 28.3 Å². The predicted molar refractivity (Wildman–Crippen MR) is 287 cm³/mol. The van der Waals surface area contributed by atoms with Gasteiger partial charge in [0.25, 0.3) is 0 Å². The molecule has 0 unspecified atom stereocenters. The normalized spacial score (nSPS) is 14.6. The molecule has 2 aliphatic heterocycles. The van der Waals surface area contributed by atoms with Crippen LogP contribution in [0.3, 0.4) is 0 Å². The number of hydrogen-bond acceptors (Lipinski definition) is 3. The van der Waals surface area contributed by atoms with Gasteiger partial charge in [-0.3, -0.25) is 0 Å². The van der Waals surface area contributed by atoms with Gasteiger partial charge in [-0.05, 0) is 144 Å². The molecule has 0 saturated carbocycles. The first-order valence-corrected chi connectivity index (χ1v) is 24.0. The van der Waals surface area contributed by atoms with E-state index in [9.17, 15) is 0 Å². The molecule has 11 aromatic carbocycles. The summed E-state index contributed by atoms with van der Waals surface area (Å²) in [5, 5.41) is 7.63. The molecule has 2 heterocycles. The van der Waals surface area contributed by atoms with Crippen molar-refractivity contribution in [2.45, 2.75) is 18.3 Å². The van der Waals surface area contributed by atoms with Gasteiger partial charge in [0.15, 0.2) is 0 Å². The van der Waals surface area contributed by atoms with Crippen LogP contribution in [0.4, 0.5) is 39.8 Å². The quantitative estimate of drug-likeness (QED) is 0.122. The SMILES string of the molecule is CN1c2ccccc2N(c2ccc3ccc4c(/C=C/c5ccc6c(c5)C(c5ccccc5)(c5ccccc5)c5cc(N7CCCc8ccccc87)ccc5-6)ccc5ccc2c3c54)c2ccccc21. The van der Waals surface area contributed by atoms with Crippen molar-refractivity contribution in [1.29, 1.82) is 0 Å². The van der Waals surface area contributed by atoms with E-state index in [4.69, 9.17) is 0 Å². The first-order valence-electron chi connectivity index (χ1n) is 24.0. The Morgan fingerprint density at radius 1 is 0.441 bits per heavy atom. The fraction of sp³-hybridized carbons (Fsp3) is 0.0769. The second-order valence-electron chi connectivity index (χ2n) is 18.8. The molecule has 0 saturated heterocycles. The molecule has 3 nitrogen and oxygen atoms in total. The second-order valence-corrected chi connectivity index (χ2v) is 18.8. The van der Waals surface area contributed by atoms with Gasteiger partial charge in [0.1, 0.15) is 0 Å². The third kappa shape index (κ3) is 5.60. The summed E-state index contributed by atoms with van der Waals surface area (Å²) < 4.78 is 0. The molecule has 0 atom stereocenters. The van der Waals surface area contributed by atoms with Gasteiger partial charge in [-0.1, -0.05) is 176 Å². The minimum Gasteiger partial charge on any atom is -0.341 e. The zero-order chi connectivity index (χ0) is 44.9. The maximum Gasteiger partial charge on any atom is 0.0714 e. The van der Waals surface area contributed by atoms with Gasteiger partial charge in [0.2, 0.25) is 0 Å². The topological polar surface area (TPSA) is 9.72 Å². The number of benzene rings is 11. The molecule has 322 valence electrons. The average molecular weight is 870 g/mol. The van der Waals surface area contributed by atoms with Crippen molar-refractivity contribution in [1.82, 2.24) is 0 Å². The van der Waals surface area contributed by atoms with Gasteiger partial charge < -0.3 is 14.7 Å². The molecule has 1 aliphatic carbocycles. The zero-order valence-electron chi connectivity index (χ0n) is 37.9. The van der Waals surface area contributed by atoms with E-state index in [2.05, 4.69) is 252 Å². The highest BCUT2D eigenvalue weighted by atomic mass is 15.3. The largest absolute Gasteiger partial charge is 0.341 e. The van der Waals surface area contributed by atoms with Crippen LogP contribution in [0.5, 0.6) is 0 Å². The minimum atomic E-state index is -0.516. The summed E-state index contributed by atoms with van der Waals surface area (Å²) in [7, 11) is 2.17. The molecule has 14 rings (SSSR count). The van der Waals surface area contributed by atoms with Crippen LogP contribution < -0.4 is 14.7 Å².